The van der Waals surface area contributed by atoms with Crippen LogP contribution in [0.3, 0.4) is 0 Å². The van der Waals surface area contributed by atoms with Crippen LogP contribution in [0.2, 0.25) is 0 Å². The highest BCUT2D eigenvalue weighted by Gasteiger charge is 2.23. The van der Waals surface area contributed by atoms with Gasteiger partial charge in [0.2, 0.25) is 5.91 Å². The molecule has 0 N–H and O–H groups in total. The molecule has 0 saturated carbocycles. The third kappa shape index (κ3) is 3.40. The van der Waals surface area contributed by atoms with Crippen molar-refractivity contribution in [1.82, 2.24) is 9.80 Å². The van der Waals surface area contributed by atoms with Gasteiger partial charge in [0.1, 0.15) is 0 Å². The van der Waals surface area contributed by atoms with Crippen LogP contribution in [0.5, 0.6) is 0 Å². The highest BCUT2D eigenvalue weighted by molar-refractivity contribution is 5.78. The van der Waals surface area contributed by atoms with Gasteiger partial charge in [-0.1, -0.05) is 39.0 Å². The molecule has 3 nitrogen and oxygen atoms in total. The number of hydrogen-bond donors (Lipinski definition) is 0. The highest BCUT2D eigenvalue weighted by Crippen LogP contribution is 2.27. The fourth-order valence-electron chi connectivity index (χ4n) is 2.61. The van der Waals surface area contributed by atoms with E-state index in [1.165, 1.54) is 16.7 Å². The van der Waals surface area contributed by atoms with Gasteiger partial charge in [-0.15, -0.1) is 0 Å². The minimum absolute atomic E-state index is 0.158. The van der Waals surface area contributed by atoms with Crippen LogP contribution in [0.4, 0.5) is 0 Å². The van der Waals surface area contributed by atoms with Crippen molar-refractivity contribution in [2.24, 2.45) is 0 Å². The smallest absolute Gasteiger partial charge is 0.237 e. The van der Waals surface area contributed by atoms with Crippen LogP contribution in [-0.4, -0.2) is 42.9 Å². The lowest BCUT2D eigenvalue weighted by atomic mass is 9.84. The Labute approximate surface area is 122 Å². The van der Waals surface area contributed by atoms with Gasteiger partial charge in [-0.25, -0.2) is 0 Å². The van der Waals surface area contributed by atoms with E-state index < -0.39 is 0 Å². The molecular weight excluding hydrogens is 248 g/mol. The fourth-order valence-corrected chi connectivity index (χ4v) is 2.61. The number of carbonyl (C=O) groups excluding carboxylic acids is 1. The molecule has 1 aromatic rings. The monoisotopic (exact) mass is 274 g/mol. The average Bonchev–Trinajstić information content (AvgIpc) is 2.35. The van der Waals surface area contributed by atoms with E-state index in [0.717, 1.165) is 19.5 Å². The number of benzene rings is 1. The molecule has 0 aliphatic carbocycles. The van der Waals surface area contributed by atoms with Crippen molar-refractivity contribution in [2.45, 2.75) is 39.2 Å². The first-order valence-electron chi connectivity index (χ1n) is 7.32. The molecule has 1 aliphatic rings. The maximum Gasteiger partial charge on any atom is 0.237 e. The first-order chi connectivity index (χ1) is 9.27. The zero-order valence-electron chi connectivity index (χ0n) is 13.4. The minimum atomic E-state index is 0.158. The van der Waals surface area contributed by atoms with Gasteiger partial charge in [0.25, 0.3) is 0 Å². The molecule has 1 amide bonds. The SMILES string of the molecule is CN(C)CC(=O)N1CCc2ccc(C(C)(C)C)cc2C1. The quantitative estimate of drug-likeness (QED) is 0.827. The highest BCUT2D eigenvalue weighted by atomic mass is 16.2. The third-order valence-electron chi connectivity index (χ3n) is 3.89. The summed E-state index contributed by atoms with van der Waals surface area (Å²) in [5, 5.41) is 0. The van der Waals surface area contributed by atoms with Crippen molar-refractivity contribution < 1.29 is 4.79 Å². The van der Waals surface area contributed by atoms with Gasteiger partial charge >= 0.3 is 0 Å². The van der Waals surface area contributed by atoms with Crippen LogP contribution in [0.25, 0.3) is 0 Å². The molecule has 0 aromatic heterocycles. The van der Waals surface area contributed by atoms with Crippen LogP contribution < -0.4 is 0 Å². The number of likely N-dealkylation sites (N-methyl/N-ethyl adjacent to an activating group) is 1. The molecule has 0 spiro atoms. The summed E-state index contributed by atoms with van der Waals surface area (Å²) in [4.78, 5) is 16.1. The van der Waals surface area contributed by atoms with Crippen molar-refractivity contribution >= 4 is 5.91 Å². The molecule has 3 heteroatoms. The van der Waals surface area contributed by atoms with Crippen molar-refractivity contribution in [2.75, 3.05) is 27.2 Å². The molecule has 0 saturated heterocycles. The molecule has 1 aliphatic heterocycles. The predicted octanol–water partition coefficient (Wildman–Crippen LogP) is 2.43. The second kappa shape index (κ2) is 5.57. The molecule has 0 atom stereocenters. The summed E-state index contributed by atoms with van der Waals surface area (Å²) < 4.78 is 0. The largest absolute Gasteiger partial charge is 0.337 e. The zero-order chi connectivity index (χ0) is 14.9. The minimum Gasteiger partial charge on any atom is -0.337 e. The molecule has 2 rings (SSSR count). The second-order valence-electron chi connectivity index (χ2n) is 7.04. The molecule has 110 valence electrons. The molecular formula is C17H26N2O. The van der Waals surface area contributed by atoms with Gasteiger partial charge in [-0.3, -0.25) is 4.79 Å². The average molecular weight is 274 g/mol. The second-order valence-corrected chi connectivity index (χ2v) is 7.04. The first-order valence-corrected chi connectivity index (χ1v) is 7.32. The van der Waals surface area contributed by atoms with E-state index in [-0.39, 0.29) is 11.3 Å². The van der Waals surface area contributed by atoms with E-state index in [0.29, 0.717) is 6.54 Å². The summed E-state index contributed by atoms with van der Waals surface area (Å²) in [6, 6.07) is 6.75. The van der Waals surface area contributed by atoms with E-state index in [1.807, 2.05) is 23.9 Å². The van der Waals surface area contributed by atoms with Gasteiger partial charge < -0.3 is 9.80 Å². The maximum atomic E-state index is 12.2. The Morgan fingerprint density at radius 1 is 1.25 bits per heavy atom. The van der Waals surface area contributed by atoms with Crippen LogP contribution in [0.1, 0.15) is 37.5 Å². The number of nitrogens with zero attached hydrogens (tertiary/aromatic N) is 2. The zero-order valence-corrected chi connectivity index (χ0v) is 13.4. The number of hydrogen-bond acceptors (Lipinski definition) is 2. The van der Waals surface area contributed by atoms with Crippen LogP contribution in [0, 0.1) is 0 Å². The third-order valence-corrected chi connectivity index (χ3v) is 3.89. The van der Waals surface area contributed by atoms with E-state index in [1.54, 1.807) is 0 Å². The Bertz CT molecular complexity index is 500. The van der Waals surface area contributed by atoms with E-state index >= 15 is 0 Å². The van der Waals surface area contributed by atoms with Gasteiger partial charge in [0.05, 0.1) is 6.54 Å². The summed E-state index contributed by atoms with van der Waals surface area (Å²) in [5.41, 5.74) is 4.21. The lowest BCUT2D eigenvalue weighted by Gasteiger charge is -2.31. The lowest BCUT2D eigenvalue weighted by molar-refractivity contribution is -0.132. The fraction of sp³-hybridized carbons (Fsp3) is 0.588. The number of rotatable bonds is 2. The Balaban J connectivity index is 2.18. The van der Waals surface area contributed by atoms with Gasteiger partial charge in [0.15, 0.2) is 0 Å². The van der Waals surface area contributed by atoms with Crippen LogP contribution in [-0.2, 0) is 23.2 Å². The summed E-state index contributed by atoms with van der Waals surface area (Å²) in [7, 11) is 3.88. The molecule has 0 radical (unpaired) electrons. The standard InChI is InChI=1S/C17H26N2O/c1-17(2,3)15-7-6-13-8-9-19(11-14(13)10-15)16(20)12-18(4)5/h6-7,10H,8-9,11-12H2,1-5H3. The molecule has 0 fully saturated rings. The van der Waals surface area contributed by atoms with Crippen LogP contribution in [0.15, 0.2) is 18.2 Å². The Morgan fingerprint density at radius 3 is 2.55 bits per heavy atom. The Hall–Kier alpha value is -1.35. The van der Waals surface area contributed by atoms with Crippen molar-refractivity contribution in [1.29, 1.82) is 0 Å². The van der Waals surface area contributed by atoms with Crippen molar-refractivity contribution in [3.63, 3.8) is 0 Å². The summed E-state index contributed by atoms with van der Waals surface area (Å²) in [6.45, 7) is 8.78. The number of carbonyl (C=O) groups is 1. The van der Waals surface area contributed by atoms with Crippen LogP contribution >= 0.6 is 0 Å². The Morgan fingerprint density at radius 2 is 1.95 bits per heavy atom. The van der Waals surface area contributed by atoms with Crippen molar-refractivity contribution in [3.05, 3.63) is 34.9 Å². The summed E-state index contributed by atoms with van der Waals surface area (Å²) in [5.74, 6) is 0.224. The lowest BCUT2D eigenvalue weighted by Crippen LogP contribution is -2.40. The summed E-state index contributed by atoms with van der Waals surface area (Å²) >= 11 is 0. The van der Waals surface area contributed by atoms with Gasteiger partial charge in [-0.2, -0.15) is 0 Å². The van der Waals surface area contributed by atoms with Gasteiger partial charge in [0, 0.05) is 13.1 Å². The Kier molecular flexibility index (Phi) is 4.19. The molecule has 0 bridgehead atoms. The molecule has 0 unspecified atom stereocenters. The van der Waals surface area contributed by atoms with E-state index in [2.05, 4.69) is 39.0 Å². The summed E-state index contributed by atoms with van der Waals surface area (Å²) in [6.07, 6.45) is 0.971. The number of fused-ring (bicyclic) bond motifs is 1. The molecule has 20 heavy (non-hydrogen) atoms. The predicted molar refractivity (Wildman–Crippen MR) is 82.8 cm³/mol. The normalized spacial score (nSPS) is 15.4. The topological polar surface area (TPSA) is 23.6 Å². The van der Waals surface area contributed by atoms with E-state index in [4.69, 9.17) is 0 Å². The van der Waals surface area contributed by atoms with Crippen molar-refractivity contribution in [3.8, 4) is 0 Å². The van der Waals surface area contributed by atoms with E-state index in [9.17, 15) is 4.79 Å². The number of amides is 1. The first kappa shape index (κ1) is 15.0. The maximum absolute atomic E-state index is 12.2. The van der Waals surface area contributed by atoms with Gasteiger partial charge in [-0.05, 0) is 42.6 Å². The molecule has 1 heterocycles. The molecule has 1 aromatic carbocycles.